The van der Waals surface area contributed by atoms with E-state index in [1.807, 2.05) is 32.9 Å². The van der Waals surface area contributed by atoms with Crippen molar-refractivity contribution in [2.45, 2.75) is 27.2 Å². The van der Waals surface area contributed by atoms with Crippen molar-refractivity contribution >= 4 is 5.95 Å². The molecule has 0 aliphatic rings. The van der Waals surface area contributed by atoms with Gasteiger partial charge in [0.15, 0.2) is 5.75 Å². The molecule has 2 heterocycles. The van der Waals surface area contributed by atoms with E-state index in [4.69, 9.17) is 15.2 Å². The lowest BCUT2D eigenvalue weighted by molar-refractivity contribution is 0.303. The number of hydrogen-bond donors (Lipinski definition) is 1. The Morgan fingerprint density at radius 1 is 1.05 bits per heavy atom. The lowest BCUT2D eigenvalue weighted by Crippen LogP contribution is -2.05. The molecule has 2 rings (SSSR count). The number of aromatic nitrogens is 4. The fourth-order valence-corrected chi connectivity index (χ4v) is 1.63. The minimum atomic E-state index is 0.0524. The van der Waals surface area contributed by atoms with Crippen LogP contribution < -0.4 is 15.2 Å². The molecule has 7 nitrogen and oxygen atoms in total. The van der Waals surface area contributed by atoms with Crippen LogP contribution in [0.4, 0.5) is 5.95 Å². The Kier molecular flexibility index (Phi) is 4.29. The minimum absolute atomic E-state index is 0.0524. The molecule has 7 heteroatoms. The molecular weight excluding hydrogens is 258 g/mol. The lowest BCUT2D eigenvalue weighted by Gasteiger charge is -2.09. The van der Waals surface area contributed by atoms with Crippen LogP contribution >= 0.6 is 0 Å². The molecule has 0 unspecified atom stereocenters. The number of nitrogens with zero attached hydrogens (tertiary/aromatic N) is 4. The number of nitrogen functional groups attached to an aromatic ring is 1. The zero-order valence-electron chi connectivity index (χ0n) is 11.8. The number of pyridine rings is 1. The van der Waals surface area contributed by atoms with Gasteiger partial charge in [-0.25, -0.2) is 0 Å². The van der Waals surface area contributed by atoms with Crippen molar-refractivity contribution < 1.29 is 9.47 Å². The van der Waals surface area contributed by atoms with Crippen molar-refractivity contribution in [3.63, 3.8) is 0 Å². The van der Waals surface area contributed by atoms with Crippen molar-refractivity contribution in [3.05, 3.63) is 23.5 Å². The van der Waals surface area contributed by atoms with Crippen LogP contribution in [-0.4, -0.2) is 26.5 Å². The van der Waals surface area contributed by atoms with Gasteiger partial charge in [0.2, 0.25) is 5.95 Å². The summed E-state index contributed by atoms with van der Waals surface area (Å²) in [7, 11) is 0. The third-order valence-electron chi connectivity index (χ3n) is 2.49. The molecule has 20 heavy (non-hydrogen) atoms. The molecule has 0 amide bonds. The highest BCUT2D eigenvalue weighted by Crippen LogP contribution is 2.23. The number of hydrogen-bond acceptors (Lipinski definition) is 7. The highest BCUT2D eigenvalue weighted by atomic mass is 16.5. The maximum atomic E-state index is 5.64. The van der Waals surface area contributed by atoms with Crippen LogP contribution in [0.1, 0.15) is 25.2 Å². The summed E-state index contributed by atoms with van der Waals surface area (Å²) in [5.41, 5.74) is 7.37. The summed E-state index contributed by atoms with van der Waals surface area (Å²) >= 11 is 0. The van der Waals surface area contributed by atoms with Crippen molar-refractivity contribution in [2.75, 3.05) is 12.3 Å². The molecule has 2 aromatic rings. The molecular formula is C13H17N5O2. The molecule has 0 aromatic carbocycles. The van der Waals surface area contributed by atoms with Crippen molar-refractivity contribution in [3.8, 4) is 17.8 Å². The standard InChI is InChI=1S/C13H17N5O2/c1-4-9-10(7-6-8(3)15-9)20-13-17-11(14)16-12(18-13)19-5-2/h6-7H,4-5H2,1-3H3,(H2,14,16,17,18). The van der Waals surface area contributed by atoms with E-state index in [1.165, 1.54) is 0 Å². The summed E-state index contributed by atoms with van der Waals surface area (Å²) in [6.07, 6.45) is 0.746. The lowest BCUT2D eigenvalue weighted by atomic mass is 10.2. The third-order valence-corrected chi connectivity index (χ3v) is 2.49. The first-order valence-corrected chi connectivity index (χ1v) is 6.41. The fraction of sp³-hybridized carbons (Fsp3) is 0.385. The van der Waals surface area contributed by atoms with Gasteiger partial charge in [-0.05, 0) is 32.4 Å². The van der Waals surface area contributed by atoms with Gasteiger partial charge in [-0.2, -0.15) is 9.97 Å². The van der Waals surface area contributed by atoms with Crippen LogP contribution in [0.25, 0.3) is 0 Å². The Morgan fingerprint density at radius 2 is 1.80 bits per heavy atom. The van der Waals surface area contributed by atoms with Crippen molar-refractivity contribution in [1.29, 1.82) is 0 Å². The van der Waals surface area contributed by atoms with Crippen molar-refractivity contribution in [1.82, 2.24) is 19.9 Å². The van der Waals surface area contributed by atoms with Gasteiger partial charge in [0, 0.05) is 5.69 Å². The van der Waals surface area contributed by atoms with E-state index in [-0.39, 0.29) is 18.0 Å². The smallest absolute Gasteiger partial charge is 0.330 e. The number of ether oxygens (including phenoxy) is 2. The Balaban J connectivity index is 2.29. The normalized spacial score (nSPS) is 10.3. The maximum Gasteiger partial charge on any atom is 0.330 e. The number of anilines is 1. The molecule has 0 fully saturated rings. The van der Waals surface area contributed by atoms with Crippen LogP contribution in [0.15, 0.2) is 12.1 Å². The average Bonchev–Trinajstić information content (AvgIpc) is 2.40. The average molecular weight is 275 g/mol. The Hall–Kier alpha value is -2.44. The number of rotatable bonds is 5. The van der Waals surface area contributed by atoms with Gasteiger partial charge in [0.25, 0.3) is 0 Å². The molecule has 0 radical (unpaired) electrons. The summed E-state index contributed by atoms with van der Waals surface area (Å²) < 4.78 is 10.8. The number of nitrogens with two attached hydrogens (primary N) is 1. The molecule has 2 aromatic heterocycles. The summed E-state index contributed by atoms with van der Waals surface area (Å²) in [6.45, 7) is 6.20. The van der Waals surface area contributed by atoms with E-state index in [0.717, 1.165) is 17.8 Å². The monoisotopic (exact) mass is 275 g/mol. The first-order valence-electron chi connectivity index (χ1n) is 6.41. The van der Waals surface area contributed by atoms with E-state index < -0.39 is 0 Å². The van der Waals surface area contributed by atoms with Crippen LogP contribution in [-0.2, 0) is 6.42 Å². The Labute approximate surface area is 117 Å². The Bertz CT molecular complexity index is 603. The molecule has 0 saturated heterocycles. The van der Waals surface area contributed by atoms with E-state index in [1.54, 1.807) is 0 Å². The second-order valence-electron chi connectivity index (χ2n) is 4.04. The zero-order chi connectivity index (χ0) is 14.5. The van der Waals surface area contributed by atoms with E-state index in [9.17, 15) is 0 Å². The molecule has 0 aliphatic carbocycles. The molecule has 0 aliphatic heterocycles. The van der Waals surface area contributed by atoms with Gasteiger partial charge in [-0.3, -0.25) is 4.98 Å². The predicted molar refractivity (Wildman–Crippen MR) is 73.8 cm³/mol. The molecule has 106 valence electrons. The predicted octanol–water partition coefficient (Wildman–Crippen LogP) is 1.91. The fourth-order valence-electron chi connectivity index (χ4n) is 1.63. The summed E-state index contributed by atoms with van der Waals surface area (Å²) in [5.74, 6) is 0.655. The van der Waals surface area contributed by atoms with Crippen LogP contribution in [0.3, 0.4) is 0 Å². The third kappa shape index (κ3) is 3.31. The van der Waals surface area contributed by atoms with Gasteiger partial charge >= 0.3 is 12.0 Å². The van der Waals surface area contributed by atoms with Gasteiger partial charge in [-0.1, -0.05) is 6.92 Å². The summed E-state index contributed by atoms with van der Waals surface area (Å²) in [6, 6.07) is 3.94. The van der Waals surface area contributed by atoms with Crippen molar-refractivity contribution in [2.24, 2.45) is 0 Å². The van der Waals surface area contributed by atoms with Gasteiger partial charge < -0.3 is 15.2 Å². The van der Waals surface area contributed by atoms with Gasteiger partial charge in [-0.15, -0.1) is 4.98 Å². The van der Waals surface area contributed by atoms with Crippen LogP contribution in [0.5, 0.6) is 17.8 Å². The first kappa shape index (κ1) is 14.0. The minimum Gasteiger partial charge on any atom is -0.464 e. The SMILES string of the molecule is CCOc1nc(N)nc(Oc2ccc(C)nc2CC)n1. The van der Waals surface area contributed by atoms with Crippen LogP contribution in [0.2, 0.25) is 0 Å². The molecule has 0 atom stereocenters. The Morgan fingerprint density at radius 3 is 2.50 bits per heavy atom. The topological polar surface area (TPSA) is 96.0 Å². The summed E-state index contributed by atoms with van der Waals surface area (Å²) in [4.78, 5) is 16.2. The molecule has 2 N–H and O–H groups in total. The van der Waals surface area contributed by atoms with Gasteiger partial charge in [0.05, 0.1) is 12.3 Å². The van der Waals surface area contributed by atoms with E-state index >= 15 is 0 Å². The highest BCUT2D eigenvalue weighted by molar-refractivity contribution is 5.32. The zero-order valence-corrected chi connectivity index (χ0v) is 11.8. The van der Waals surface area contributed by atoms with Crippen LogP contribution in [0, 0.1) is 6.92 Å². The molecule has 0 spiro atoms. The summed E-state index contributed by atoms with van der Waals surface area (Å²) in [5, 5.41) is 0. The largest absolute Gasteiger partial charge is 0.464 e. The second kappa shape index (κ2) is 6.14. The molecule has 0 bridgehead atoms. The quantitative estimate of drug-likeness (QED) is 0.890. The highest BCUT2D eigenvalue weighted by Gasteiger charge is 2.10. The van der Waals surface area contributed by atoms with Gasteiger partial charge in [0.1, 0.15) is 0 Å². The molecule has 0 saturated carbocycles. The number of aryl methyl sites for hydroxylation is 2. The van der Waals surface area contributed by atoms with E-state index in [0.29, 0.717) is 12.4 Å². The second-order valence-corrected chi connectivity index (χ2v) is 4.04. The maximum absolute atomic E-state index is 5.64. The van der Waals surface area contributed by atoms with E-state index in [2.05, 4.69) is 19.9 Å². The first-order chi connectivity index (χ1) is 9.62.